The molecule has 0 saturated carbocycles. The van der Waals surface area contributed by atoms with Crippen LogP contribution in [0.2, 0.25) is 0 Å². The molecule has 0 radical (unpaired) electrons. The van der Waals surface area contributed by atoms with Crippen molar-refractivity contribution in [3.8, 4) is 0 Å². The summed E-state index contributed by atoms with van der Waals surface area (Å²) in [7, 11) is 0. The molecule has 0 spiro atoms. The van der Waals surface area contributed by atoms with Crippen LogP contribution in [-0.4, -0.2) is 21.3 Å². The number of aryl methyl sites for hydroxylation is 1. The maximum absolute atomic E-state index is 13.2. The largest absolute Gasteiger partial charge is 0.329 e. The van der Waals surface area contributed by atoms with Gasteiger partial charge in [-0.05, 0) is 30.7 Å². The average molecular weight is 345 g/mol. The second kappa shape index (κ2) is 6.49. The summed E-state index contributed by atoms with van der Waals surface area (Å²) in [5.41, 5.74) is 6.46. The van der Waals surface area contributed by atoms with Gasteiger partial charge in [0.15, 0.2) is 5.16 Å². The van der Waals surface area contributed by atoms with Crippen LogP contribution in [0.5, 0.6) is 0 Å². The lowest BCUT2D eigenvalue weighted by Crippen LogP contribution is -2.12. The molecule has 7 heteroatoms. The summed E-state index contributed by atoms with van der Waals surface area (Å²) in [6.45, 7) is 3.12. The average Bonchev–Trinajstić information content (AvgIpc) is 2.73. The van der Waals surface area contributed by atoms with Gasteiger partial charge in [0, 0.05) is 23.3 Å². The lowest BCUT2D eigenvalue weighted by molar-refractivity contribution is 0.625. The highest BCUT2D eigenvalue weighted by molar-refractivity contribution is 9.10. The fraction of sp³-hybridized carbons (Fsp3) is 0.333. The number of benzene rings is 1. The number of rotatable bonds is 5. The summed E-state index contributed by atoms with van der Waals surface area (Å²) in [6.07, 6.45) is 0. The second-order valence-electron chi connectivity index (χ2n) is 3.99. The minimum atomic E-state index is -0.238. The Bertz CT molecular complexity index is 573. The van der Waals surface area contributed by atoms with Crippen LogP contribution in [0.1, 0.15) is 11.4 Å². The number of nitrogens with two attached hydrogens (primary N) is 1. The summed E-state index contributed by atoms with van der Waals surface area (Å²) in [5.74, 6) is 1.23. The maximum atomic E-state index is 13.2. The van der Waals surface area contributed by atoms with Gasteiger partial charge in [-0.15, -0.1) is 10.2 Å². The molecule has 0 aliphatic heterocycles. The zero-order chi connectivity index (χ0) is 13.8. The Morgan fingerprint density at radius 3 is 2.95 bits per heavy atom. The van der Waals surface area contributed by atoms with Gasteiger partial charge in [0.05, 0.1) is 0 Å². The molecule has 1 aromatic heterocycles. The zero-order valence-corrected chi connectivity index (χ0v) is 12.8. The first-order valence-electron chi connectivity index (χ1n) is 5.78. The van der Waals surface area contributed by atoms with Crippen molar-refractivity contribution in [1.82, 2.24) is 14.8 Å². The van der Waals surface area contributed by atoms with Crippen molar-refractivity contribution >= 4 is 27.7 Å². The number of hydrogen-bond donors (Lipinski definition) is 1. The zero-order valence-electron chi connectivity index (χ0n) is 10.4. The van der Waals surface area contributed by atoms with Crippen molar-refractivity contribution in [2.45, 2.75) is 24.4 Å². The van der Waals surface area contributed by atoms with E-state index in [1.165, 1.54) is 23.9 Å². The van der Waals surface area contributed by atoms with E-state index < -0.39 is 0 Å². The van der Waals surface area contributed by atoms with Crippen molar-refractivity contribution in [1.29, 1.82) is 0 Å². The highest BCUT2D eigenvalue weighted by atomic mass is 79.9. The Hall–Kier alpha value is -0.920. The molecule has 2 rings (SSSR count). The lowest BCUT2D eigenvalue weighted by atomic mass is 10.2. The Morgan fingerprint density at radius 2 is 2.21 bits per heavy atom. The first kappa shape index (κ1) is 14.5. The van der Waals surface area contributed by atoms with Crippen LogP contribution in [-0.2, 0) is 12.3 Å². The molecule has 2 aromatic rings. The van der Waals surface area contributed by atoms with Gasteiger partial charge in [-0.1, -0.05) is 27.7 Å². The number of thioether (sulfide) groups is 1. The van der Waals surface area contributed by atoms with Crippen LogP contribution in [0.4, 0.5) is 4.39 Å². The van der Waals surface area contributed by atoms with E-state index in [1.54, 1.807) is 6.07 Å². The molecule has 0 aliphatic rings. The normalized spacial score (nSPS) is 10.9. The Labute approximate surface area is 123 Å². The molecule has 4 nitrogen and oxygen atoms in total. The molecule has 19 heavy (non-hydrogen) atoms. The molecule has 0 bridgehead atoms. The number of hydrogen-bond acceptors (Lipinski definition) is 4. The fourth-order valence-corrected chi connectivity index (χ4v) is 3.22. The van der Waals surface area contributed by atoms with Crippen LogP contribution in [0.3, 0.4) is 0 Å². The Morgan fingerprint density at radius 1 is 1.42 bits per heavy atom. The van der Waals surface area contributed by atoms with Gasteiger partial charge in [0.2, 0.25) is 0 Å². The van der Waals surface area contributed by atoms with Crippen LogP contribution in [0.25, 0.3) is 0 Å². The molecular formula is C12H14BrFN4S. The number of halogens is 2. The van der Waals surface area contributed by atoms with Crippen LogP contribution in [0, 0.1) is 12.7 Å². The highest BCUT2D eigenvalue weighted by Crippen LogP contribution is 2.26. The SMILES string of the molecule is Cc1nnc(SCc2cc(F)ccc2Br)n1CCN. The molecular weight excluding hydrogens is 331 g/mol. The molecule has 0 amide bonds. The second-order valence-corrected chi connectivity index (χ2v) is 5.79. The van der Waals surface area contributed by atoms with Crippen LogP contribution in [0.15, 0.2) is 27.8 Å². The third kappa shape index (κ3) is 3.55. The molecule has 0 atom stereocenters. The predicted molar refractivity (Wildman–Crippen MR) is 77.5 cm³/mol. The molecule has 2 N–H and O–H groups in total. The van der Waals surface area contributed by atoms with Gasteiger partial charge in [0.25, 0.3) is 0 Å². The first-order chi connectivity index (χ1) is 9.11. The van der Waals surface area contributed by atoms with Crippen molar-refractivity contribution in [2.75, 3.05) is 6.54 Å². The Kier molecular flexibility index (Phi) is 4.95. The van der Waals surface area contributed by atoms with Gasteiger partial charge in [-0.3, -0.25) is 0 Å². The van der Waals surface area contributed by atoms with E-state index in [4.69, 9.17) is 5.73 Å². The number of aromatic nitrogens is 3. The van der Waals surface area contributed by atoms with E-state index in [0.717, 1.165) is 21.0 Å². The molecule has 102 valence electrons. The van der Waals surface area contributed by atoms with Gasteiger partial charge in [0.1, 0.15) is 11.6 Å². The maximum Gasteiger partial charge on any atom is 0.191 e. The van der Waals surface area contributed by atoms with Crippen molar-refractivity contribution in [3.63, 3.8) is 0 Å². The minimum Gasteiger partial charge on any atom is -0.329 e. The summed E-state index contributed by atoms with van der Waals surface area (Å²) in [4.78, 5) is 0. The van der Waals surface area contributed by atoms with Gasteiger partial charge < -0.3 is 10.3 Å². The first-order valence-corrected chi connectivity index (χ1v) is 7.56. The summed E-state index contributed by atoms with van der Waals surface area (Å²) >= 11 is 4.94. The summed E-state index contributed by atoms with van der Waals surface area (Å²) in [5, 5.41) is 8.96. The van der Waals surface area contributed by atoms with E-state index in [2.05, 4.69) is 26.1 Å². The van der Waals surface area contributed by atoms with Gasteiger partial charge in [-0.2, -0.15) is 0 Å². The van der Waals surface area contributed by atoms with E-state index in [9.17, 15) is 4.39 Å². The van der Waals surface area contributed by atoms with E-state index in [-0.39, 0.29) is 5.82 Å². The molecule has 0 aliphatic carbocycles. The van der Waals surface area contributed by atoms with Crippen molar-refractivity contribution < 1.29 is 4.39 Å². The van der Waals surface area contributed by atoms with Crippen LogP contribution >= 0.6 is 27.7 Å². The highest BCUT2D eigenvalue weighted by Gasteiger charge is 2.10. The molecule has 0 unspecified atom stereocenters. The molecule has 1 aromatic carbocycles. The smallest absolute Gasteiger partial charge is 0.191 e. The third-order valence-corrected chi connectivity index (χ3v) is 4.41. The quantitative estimate of drug-likeness (QED) is 0.847. The predicted octanol–water partition coefficient (Wildman–Crippen LogP) is 2.74. The molecule has 0 saturated heterocycles. The number of nitrogens with zero attached hydrogens (tertiary/aromatic N) is 3. The molecule has 1 heterocycles. The van der Waals surface area contributed by atoms with Gasteiger partial charge >= 0.3 is 0 Å². The van der Waals surface area contributed by atoms with Crippen LogP contribution < -0.4 is 5.73 Å². The third-order valence-electron chi connectivity index (χ3n) is 2.62. The standard InChI is InChI=1S/C12H14BrFN4S/c1-8-16-17-12(18(8)5-4-15)19-7-9-6-10(14)2-3-11(9)13/h2-3,6H,4-5,7,15H2,1H3. The monoisotopic (exact) mass is 344 g/mol. The van der Waals surface area contributed by atoms with Gasteiger partial charge in [-0.25, -0.2) is 4.39 Å². The van der Waals surface area contributed by atoms with E-state index in [1.807, 2.05) is 11.5 Å². The topological polar surface area (TPSA) is 56.7 Å². The fourth-order valence-electron chi connectivity index (χ4n) is 1.65. The Balaban J connectivity index is 2.12. The van der Waals surface area contributed by atoms with E-state index in [0.29, 0.717) is 18.8 Å². The minimum absolute atomic E-state index is 0.238. The summed E-state index contributed by atoms with van der Waals surface area (Å²) in [6, 6.07) is 4.66. The van der Waals surface area contributed by atoms with E-state index >= 15 is 0 Å². The lowest BCUT2D eigenvalue weighted by Gasteiger charge is -2.07. The van der Waals surface area contributed by atoms with Crippen molar-refractivity contribution in [3.05, 3.63) is 39.9 Å². The van der Waals surface area contributed by atoms with Crippen molar-refractivity contribution in [2.24, 2.45) is 5.73 Å². The summed E-state index contributed by atoms with van der Waals surface area (Å²) < 4.78 is 16.1. The molecule has 0 fully saturated rings.